The number of imidazole rings is 1. The highest BCUT2D eigenvalue weighted by atomic mass is 127. The van der Waals surface area contributed by atoms with E-state index in [0.717, 1.165) is 22.0 Å². The number of benzene rings is 1. The summed E-state index contributed by atoms with van der Waals surface area (Å²) in [5.74, 6) is 0. The summed E-state index contributed by atoms with van der Waals surface area (Å²) >= 11 is 4.07. The van der Waals surface area contributed by atoms with E-state index in [-0.39, 0.29) is 0 Å². The predicted octanol–water partition coefficient (Wildman–Crippen LogP) is 5.35. The molecule has 1 aromatic carbocycles. The van der Waals surface area contributed by atoms with Crippen molar-refractivity contribution in [3.8, 4) is 21.7 Å². The summed E-state index contributed by atoms with van der Waals surface area (Å²) in [4.78, 5) is 10.3. The summed E-state index contributed by atoms with van der Waals surface area (Å²) in [6.07, 6.45) is 4.04. The van der Waals surface area contributed by atoms with Crippen LogP contribution in [0, 0.1) is 17.4 Å². The van der Waals surface area contributed by atoms with Gasteiger partial charge >= 0.3 is 0 Å². The molecule has 3 aromatic heterocycles. The Hall–Kier alpha value is -1.73. The average Bonchev–Trinajstić information content (AvgIpc) is 3.09. The van der Waals surface area contributed by atoms with Crippen LogP contribution in [0.25, 0.3) is 27.3 Å². The van der Waals surface area contributed by atoms with Crippen LogP contribution in [0.2, 0.25) is 0 Å². The van der Waals surface area contributed by atoms with Crippen molar-refractivity contribution < 1.29 is 0 Å². The molecule has 0 saturated heterocycles. The number of aromatic nitrogens is 3. The first-order valence-electron chi connectivity index (χ1n) is 7.29. The lowest BCUT2D eigenvalue weighted by molar-refractivity contribution is 1.18. The van der Waals surface area contributed by atoms with Crippen molar-refractivity contribution in [2.75, 3.05) is 0 Å². The maximum atomic E-state index is 4.59. The smallest absolute Gasteiger partial charge is 0.137 e. The van der Waals surface area contributed by atoms with E-state index in [1.54, 1.807) is 11.3 Å². The van der Waals surface area contributed by atoms with Gasteiger partial charge in [0.05, 0.1) is 27.5 Å². The average molecular weight is 431 g/mol. The molecule has 23 heavy (non-hydrogen) atoms. The molecule has 0 fully saturated rings. The molecule has 0 radical (unpaired) electrons. The molecule has 3 heterocycles. The maximum absolute atomic E-state index is 4.59. The van der Waals surface area contributed by atoms with E-state index < -0.39 is 0 Å². The molecule has 4 aromatic rings. The molecule has 0 aliphatic heterocycles. The Bertz CT molecular complexity index is 1020. The Kier molecular flexibility index (Phi) is 3.69. The van der Waals surface area contributed by atoms with E-state index in [4.69, 9.17) is 0 Å². The van der Waals surface area contributed by atoms with Crippen molar-refractivity contribution in [2.24, 2.45) is 0 Å². The number of pyridine rings is 1. The highest BCUT2D eigenvalue weighted by Gasteiger charge is 2.11. The number of hydrogen-bond donors (Lipinski definition) is 0. The summed E-state index contributed by atoms with van der Waals surface area (Å²) in [5.41, 5.74) is 5.52. The van der Waals surface area contributed by atoms with E-state index in [2.05, 4.69) is 86.5 Å². The van der Waals surface area contributed by atoms with E-state index >= 15 is 0 Å². The van der Waals surface area contributed by atoms with Crippen molar-refractivity contribution in [3.05, 3.63) is 63.1 Å². The lowest BCUT2D eigenvalue weighted by atomic mass is 10.1. The fraction of sp³-hybridized carbons (Fsp3) is 0.111. The van der Waals surface area contributed by atoms with Crippen LogP contribution < -0.4 is 0 Å². The Balaban J connectivity index is 1.85. The van der Waals surface area contributed by atoms with Crippen LogP contribution in [0.15, 0.2) is 48.8 Å². The Morgan fingerprint density at radius 1 is 1.09 bits per heavy atom. The van der Waals surface area contributed by atoms with Crippen LogP contribution in [-0.2, 0) is 0 Å². The second kappa shape index (κ2) is 5.72. The third-order valence-electron chi connectivity index (χ3n) is 3.80. The molecule has 0 spiro atoms. The molecular weight excluding hydrogens is 417 g/mol. The second-order valence-electron chi connectivity index (χ2n) is 5.44. The van der Waals surface area contributed by atoms with Gasteiger partial charge in [-0.3, -0.25) is 4.40 Å². The number of halogens is 1. The van der Waals surface area contributed by atoms with Crippen molar-refractivity contribution >= 4 is 39.6 Å². The van der Waals surface area contributed by atoms with E-state index in [1.165, 1.54) is 19.6 Å². The zero-order valence-corrected chi connectivity index (χ0v) is 15.7. The van der Waals surface area contributed by atoms with E-state index in [9.17, 15) is 0 Å². The fourth-order valence-corrected chi connectivity index (χ4v) is 4.24. The lowest BCUT2D eigenvalue weighted by Gasteiger charge is -2.04. The van der Waals surface area contributed by atoms with Crippen LogP contribution in [0.1, 0.15) is 10.7 Å². The fourth-order valence-electron chi connectivity index (χ4n) is 2.78. The second-order valence-corrected chi connectivity index (χ2v) is 7.89. The van der Waals surface area contributed by atoms with E-state index in [1.807, 2.05) is 13.1 Å². The third kappa shape index (κ3) is 2.68. The molecule has 0 N–H and O–H groups in total. The molecule has 5 heteroatoms. The normalized spacial score (nSPS) is 11.3. The number of nitrogens with zero attached hydrogens (tertiary/aromatic N) is 3. The number of rotatable bonds is 2. The largest absolute Gasteiger partial charge is 0.300 e. The van der Waals surface area contributed by atoms with Crippen molar-refractivity contribution in [3.63, 3.8) is 0 Å². The quantitative estimate of drug-likeness (QED) is 0.401. The molecule has 0 saturated carbocycles. The Morgan fingerprint density at radius 3 is 2.70 bits per heavy atom. The first-order valence-corrected chi connectivity index (χ1v) is 9.19. The summed E-state index contributed by atoms with van der Waals surface area (Å²) in [7, 11) is 0. The monoisotopic (exact) mass is 431 g/mol. The highest BCUT2D eigenvalue weighted by Crippen LogP contribution is 2.31. The summed E-state index contributed by atoms with van der Waals surface area (Å²) in [5, 5.41) is 1.10. The van der Waals surface area contributed by atoms with Crippen LogP contribution >= 0.6 is 33.9 Å². The molecular formula is C18H14IN3S. The van der Waals surface area contributed by atoms with Gasteiger partial charge in [-0.15, -0.1) is 11.3 Å². The maximum Gasteiger partial charge on any atom is 0.137 e. The van der Waals surface area contributed by atoms with Gasteiger partial charge in [-0.2, -0.15) is 0 Å². The molecule has 0 amide bonds. The minimum absolute atomic E-state index is 0.960. The van der Waals surface area contributed by atoms with Gasteiger partial charge in [-0.05, 0) is 66.3 Å². The molecule has 0 atom stereocenters. The molecule has 0 aliphatic rings. The molecule has 4 rings (SSSR count). The van der Waals surface area contributed by atoms with Gasteiger partial charge in [0.1, 0.15) is 5.65 Å². The van der Waals surface area contributed by atoms with Gasteiger partial charge in [0.2, 0.25) is 0 Å². The summed E-state index contributed by atoms with van der Waals surface area (Å²) in [6.45, 7) is 4.11. The van der Waals surface area contributed by atoms with Gasteiger partial charge in [-0.25, -0.2) is 9.97 Å². The molecule has 0 aliphatic carbocycles. The standard InChI is InChI=1S/C18H14IN3S/c1-11-18(23-12(2)21-11)14-6-7-22-16(10-20-17(22)9-14)13-4-3-5-15(19)8-13/h3-10H,1-2H3. The minimum Gasteiger partial charge on any atom is -0.300 e. The van der Waals surface area contributed by atoms with Gasteiger partial charge < -0.3 is 0 Å². The van der Waals surface area contributed by atoms with Gasteiger partial charge in [0, 0.05) is 15.3 Å². The van der Waals surface area contributed by atoms with Gasteiger partial charge in [0.15, 0.2) is 0 Å². The van der Waals surface area contributed by atoms with Crippen LogP contribution in [0.5, 0.6) is 0 Å². The van der Waals surface area contributed by atoms with Gasteiger partial charge in [0.25, 0.3) is 0 Å². The number of aryl methyl sites for hydroxylation is 2. The molecule has 3 nitrogen and oxygen atoms in total. The van der Waals surface area contributed by atoms with Gasteiger partial charge in [-0.1, -0.05) is 12.1 Å². The zero-order valence-electron chi connectivity index (χ0n) is 12.7. The third-order valence-corrected chi connectivity index (χ3v) is 5.59. The SMILES string of the molecule is Cc1nc(C)c(-c2ccn3c(-c4cccc(I)c4)cnc3c2)s1. The molecule has 114 valence electrons. The first-order chi connectivity index (χ1) is 11.1. The molecule has 0 bridgehead atoms. The minimum atomic E-state index is 0.960. The number of thiazole rings is 1. The first kappa shape index (κ1) is 14.8. The van der Waals surface area contributed by atoms with Crippen molar-refractivity contribution in [1.29, 1.82) is 0 Å². The van der Waals surface area contributed by atoms with E-state index in [0.29, 0.717) is 0 Å². The Labute approximate surface area is 152 Å². The van der Waals surface area contributed by atoms with Crippen molar-refractivity contribution in [2.45, 2.75) is 13.8 Å². The number of fused-ring (bicyclic) bond motifs is 1. The summed E-state index contributed by atoms with van der Waals surface area (Å²) < 4.78 is 3.36. The summed E-state index contributed by atoms with van der Waals surface area (Å²) in [6, 6.07) is 12.8. The zero-order chi connectivity index (χ0) is 16.0. The van der Waals surface area contributed by atoms with Crippen molar-refractivity contribution in [1.82, 2.24) is 14.4 Å². The number of hydrogen-bond acceptors (Lipinski definition) is 3. The molecule has 0 unspecified atom stereocenters. The van der Waals surface area contributed by atoms with Crippen LogP contribution in [-0.4, -0.2) is 14.4 Å². The topological polar surface area (TPSA) is 30.2 Å². The predicted molar refractivity (Wildman–Crippen MR) is 104 cm³/mol. The van der Waals surface area contributed by atoms with Crippen LogP contribution in [0.3, 0.4) is 0 Å². The lowest BCUT2D eigenvalue weighted by Crippen LogP contribution is -1.89. The van der Waals surface area contributed by atoms with Crippen LogP contribution in [0.4, 0.5) is 0 Å². The highest BCUT2D eigenvalue weighted by molar-refractivity contribution is 14.1. The Morgan fingerprint density at radius 2 is 1.96 bits per heavy atom.